The van der Waals surface area contributed by atoms with Crippen LogP contribution in [0.2, 0.25) is 0 Å². The summed E-state index contributed by atoms with van der Waals surface area (Å²) in [6.07, 6.45) is 2.54. The summed E-state index contributed by atoms with van der Waals surface area (Å²) in [6, 6.07) is 7.79. The van der Waals surface area contributed by atoms with Crippen molar-refractivity contribution in [3.8, 4) is 0 Å². The second kappa shape index (κ2) is 6.44. The number of nitrogens with zero attached hydrogens (tertiary/aromatic N) is 1. The first kappa shape index (κ1) is 14.4. The summed E-state index contributed by atoms with van der Waals surface area (Å²) in [7, 11) is 0. The van der Waals surface area contributed by atoms with Gasteiger partial charge in [-0.1, -0.05) is 19.1 Å². The molecular weight excluding hydrogens is 258 g/mol. The Bertz CT molecular complexity index is 432. The van der Waals surface area contributed by atoms with Crippen molar-refractivity contribution in [3.63, 3.8) is 0 Å². The van der Waals surface area contributed by atoms with Crippen LogP contribution in [0.25, 0.3) is 0 Å². The molecule has 1 heterocycles. The van der Waals surface area contributed by atoms with E-state index in [9.17, 15) is 9.90 Å². The first-order valence-electron chi connectivity index (χ1n) is 6.67. The molecular formula is C15H21NO2S. The van der Waals surface area contributed by atoms with E-state index < -0.39 is 6.10 Å². The number of amides is 1. The maximum absolute atomic E-state index is 12.3. The number of aliphatic hydroxyl groups excluding tert-OH is 1. The Morgan fingerprint density at radius 2 is 2.11 bits per heavy atom. The van der Waals surface area contributed by atoms with Gasteiger partial charge in [-0.25, -0.2) is 0 Å². The summed E-state index contributed by atoms with van der Waals surface area (Å²) >= 11 is 1.77. The zero-order valence-electron chi connectivity index (χ0n) is 11.5. The smallest absolute Gasteiger partial charge is 0.253 e. The normalized spacial score (nSPS) is 23.4. The molecule has 19 heavy (non-hydrogen) atoms. The topological polar surface area (TPSA) is 40.5 Å². The number of rotatable bonds is 3. The van der Waals surface area contributed by atoms with E-state index in [1.807, 2.05) is 31.2 Å². The predicted octanol–water partition coefficient (Wildman–Crippen LogP) is 2.39. The number of benzene rings is 1. The molecule has 0 saturated carbocycles. The summed E-state index contributed by atoms with van der Waals surface area (Å²) in [5, 5.41) is 9.86. The van der Waals surface area contributed by atoms with Crippen molar-refractivity contribution in [2.45, 2.75) is 25.2 Å². The molecule has 3 nitrogen and oxygen atoms in total. The highest BCUT2D eigenvalue weighted by Gasteiger charge is 2.27. The third-order valence-corrected chi connectivity index (χ3v) is 4.34. The van der Waals surface area contributed by atoms with Crippen LogP contribution in [0, 0.1) is 5.92 Å². The molecule has 2 rings (SSSR count). The van der Waals surface area contributed by atoms with Crippen molar-refractivity contribution in [2.24, 2.45) is 5.92 Å². The molecule has 104 valence electrons. The van der Waals surface area contributed by atoms with Gasteiger partial charge >= 0.3 is 0 Å². The second-order valence-electron chi connectivity index (χ2n) is 5.21. The molecule has 0 radical (unpaired) electrons. The van der Waals surface area contributed by atoms with Gasteiger partial charge in [0.2, 0.25) is 0 Å². The lowest BCUT2D eigenvalue weighted by atomic mass is 9.95. The van der Waals surface area contributed by atoms with Crippen molar-refractivity contribution in [3.05, 3.63) is 35.4 Å². The maximum Gasteiger partial charge on any atom is 0.253 e. The highest BCUT2D eigenvalue weighted by Crippen LogP contribution is 2.19. The fourth-order valence-corrected chi connectivity index (χ4v) is 2.85. The van der Waals surface area contributed by atoms with Crippen LogP contribution in [0.3, 0.4) is 0 Å². The summed E-state index contributed by atoms with van der Waals surface area (Å²) in [5.41, 5.74) is 1.95. The van der Waals surface area contributed by atoms with Crippen LogP contribution in [0.1, 0.15) is 29.3 Å². The number of thioether (sulfide) groups is 1. The molecule has 1 aliphatic heterocycles. The van der Waals surface area contributed by atoms with Gasteiger partial charge < -0.3 is 10.0 Å². The van der Waals surface area contributed by atoms with Gasteiger partial charge in [0.25, 0.3) is 5.91 Å². The molecule has 0 aliphatic carbocycles. The van der Waals surface area contributed by atoms with Gasteiger partial charge in [-0.3, -0.25) is 4.79 Å². The Morgan fingerprint density at radius 1 is 1.42 bits per heavy atom. The standard InChI is InChI=1S/C15H21NO2S/c1-11-7-8-16(9-14(11)17)15(18)13-5-3-12(4-6-13)10-19-2/h3-6,11,14,17H,7-10H2,1-2H3. The maximum atomic E-state index is 12.3. The van der Waals surface area contributed by atoms with E-state index in [1.54, 1.807) is 16.7 Å². The van der Waals surface area contributed by atoms with E-state index in [2.05, 4.69) is 6.26 Å². The van der Waals surface area contributed by atoms with E-state index >= 15 is 0 Å². The molecule has 1 aromatic rings. The number of carbonyl (C=O) groups excluding carboxylic acids is 1. The van der Waals surface area contributed by atoms with Crippen LogP contribution in [0.5, 0.6) is 0 Å². The minimum absolute atomic E-state index is 0.0293. The number of β-amino-alcohol motifs (C(OH)–C–C–N with tert-alkyl or cyclic N) is 1. The molecule has 4 heteroatoms. The molecule has 2 atom stereocenters. The molecule has 1 aliphatic rings. The number of carbonyl (C=O) groups is 1. The van der Waals surface area contributed by atoms with Crippen molar-refractivity contribution >= 4 is 17.7 Å². The van der Waals surface area contributed by atoms with E-state index in [1.165, 1.54) is 5.56 Å². The lowest BCUT2D eigenvalue weighted by molar-refractivity contribution is 0.0248. The average molecular weight is 279 g/mol. The SMILES string of the molecule is CSCc1ccc(C(=O)N2CCC(C)C(O)C2)cc1. The number of hydrogen-bond donors (Lipinski definition) is 1. The molecule has 2 unspecified atom stereocenters. The predicted molar refractivity (Wildman–Crippen MR) is 79.4 cm³/mol. The molecule has 1 amide bonds. The van der Waals surface area contributed by atoms with Crippen LogP contribution in [0.15, 0.2) is 24.3 Å². The monoisotopic (exact) mass is 279 g/mol. The largest absolute Gasteiger partial charge is 0.391 e. The highest BCUT2D eigenvalue weighted by molar-refractivity contribution is 7.97. The highest BCUT2D eigenvalue weighted by atomic mass is 32.2. The molecule has 1 aromatic carbocycles. The summed E-state index contributed by atoms with van der Waals surface area (Å²) in [5.74, 6) is 1.28. The molecule has 1 fully saturated rings. The third kappa shape index (κ3) is 3.51. The number of piperidine rings is 1. The Hall–Kier alpha value is -1.00. The third-order valence-electron chi connectivity index (χ3n) is 3.72. The fraction of sp³-hybridized carbons (Fsp3) is 0.533. The molecule has 0 spiro atoms. The van der Waals surface area contributed by atoms with E-state index in [0.29, 0.717) is 12.1 Å². The minimum Gasteiger partial charge on any atom is -0.391 e. The summed E-state index contributed by atoms with van der Waals surface area (Å²) in [6.45, 7) is 3.22. The molecule has 0 bridgehead atoms. The lowest BCUT2D eigenvalue weighted by Gasteiger charge is -2.34. The van der Waals surface area contributed by atoms with Crippen molar-refractivity contribution in [1.29, 1.82) is 0 Å². The summed E-state index contributed by atoms with van der Waals surface area (Å²) in [4.78, 5) is 14.1. The Kier molecular flexibility index (Phi) is 4.88. The average Bonchev–Trinajstić information content (AvgIpc) is 2.42. The van der Waals surface area contributed by atoms with Gasteiger partial charge in [-0.05, 0) is 36.3 Å². The van der Waals surface area contributed by atoms with E-state index in [0.717, 1.165) is 18.7 Å². The van der Waals surface area contributed by atoms with Crippen molar-refractivity contribution < 1.29 is 9.90 Å². The molecule has 0 aromatic heterocycles. The van der Waals surface area contributed by atoms with Crippen molar-refractivity contribution in [1.82, 2.24) is 4.90 Å². The van der Waals surface area contributed by atoms with Gasteiger partial charge in [-0.2, -0.15) is 11.8 Å². The lowest BCUT2D eigenvalue weighted by Crippen LogP contribution is -2.45. The van der Waals surface area contributed by atoms with Crippen molar-refractivity contribution in [2.75, 3.05) is 19.3 Å². The van der Waals surface area contributed by atoms with Gasteiger partial charge in [0.1, 0.15) is 0 Å². The zero-order chi connectivity index (χ0) is 13.8. The van der Waals surface area contributed by atoms with Crippen LogP contribution in [0.4, 0.5) is 0 Å². The Balaban J connectivity index is 2.03. The second-order valence-corrected chi connectivity index (χ2v) is 6.08. The fourth-order valence-electron chi connectivity index (χ4n) is 2.33. The van der Waals surface area contributed by atoms with Gasteiger partial charge in [-0.15, -0.1) is 0 Å². The first-order valence-corrected chi connectivity index (χ1v) is 8.06. The number of aliphatic hydroxyl groups is 1. The molecule has 1 N–H and O–H groups in total. The first-order chi connectivity index (χ1) is 9.11. The Morgan fingerprint density at radius 3 is 2.68 bits per heavy atom. The Labute approximate surface area is 119 Å². The van der Waals surface area contributed by atoms with Gasteiger partial charge in [0.05, 0.1) is 6.10 Å². The van der Waals surface area contributed by atoms with Gasteiger partial charge in [0, 0.05) is 24.4 Å². The van der Waals surface area contributed by atoms with Gasteiger partial charge in [0.15, 0.2) is 0 Å². The summed E-state index contributed by atoms with van der Waals surface area (Å²) < 4.78 is 0. The molecule has 1 saturated heterocycles. The van der Waals surface area contributed by atoms with E-state index in [-0.39, 0.29) is 11.8 Å². The van der Waals surface area contributed by atoms with Crippen LogP contribution >= 0.6 is 11.8 Å². The minimum atomic E-state index is -0.395. The van der Waals surface area contributed by atoms with Crippen LogP contribution < -0.4 is 0 Å². The quantitative estimate of drug-likeness (QED) is 0.923. The number of likely N-dealkylation sites (tertiary alicyclic amines) is 1. The van der Waals surface area contributed by atoms with E-state index in [4.69, 9.17) is 0 Å². The van der Waals surface area contributed by atoms with Crippen LogP contribution in [-0.2, 0) is 5.75 Å². The van der Waals surface area contributed by atoms with Crippen LogP contribution in [-0.4, -0.2) is 41.4 Å². The zero-order valence-corrected chi connectivity index (χ0v) is 12.3. The number of hydrogen-bond acceptors (Lipinski definition) is 3.